The van der Waals surface area contributed by atoms with Gasteiger partial charge in [-0.1, -0.05) is 35.9 Å². The third-order valence-corrected chi connectivity index (χ3v) is 6.28. The summed E-state index contributed by atoms with van der Waals surface area (Å²) in [5, 5.41) is 7.51. The minimum atomic E-state index is 0.643. The first kappa shape index (κ1) is 22.6. The number of benzene rings is 2. The van der Waals surface area contributed by atoms with Gasteiger partial charge in [0, 0.05) is 25.7 Å². The third-order valence-electron chi connectivity index (χ3n) is 5.96. The van der Waals surface area contributed by atoms with Crippen LogP contribution in [0.25, 0.3) is 16.9 Å². The first-order valence-electron chi connectivity index (χ1n) is 11.5. The molecule has 0 atom stereocenters. The summed E-state index contributed by atoms with van der Waals surface area (Å²) in [6, 6.07) is 15.8. The maximum Gasteiger partial charge on any atom is 0.214 e. The van der Waals surface area contributed by atoms with E-state index < -0.39 is 0 Å². The molecule has 0 bridgehead atoms. The van der Waals surface area contributed by atoms with Gasteiger partial charge in [-0.15, -0.1) is 0 Å². The molecule has 0 radical (unpaired) electrons. The number of anilines is 3. The molecule has 2 N–H and O–H groups in total. The van der Waals surface area contributed by atoms with Gasteiger partial charge in [0.2, 0.25) is 5.95 Å². The molecule has 176 valence electrons. The van der Waals surface area contributed by atoms with E-state index in [-0.39, 0.29) is 0 Å². The number of hydrogen-bond acceptors (Lipinski definition) is 7. The first-order valence-corrected chi connectivity index (χ1v) is 11.9. The molecule has 0 aliphatic carbocycles. The normalized spacial score (nSPS) is 14.4. The molecular weight excluding hydrogens is 450 g/mol. The van der Waals surface area contributed by atoms with Crippen LogP contribution in [0.15, 0.2) is 54.9 Å². The number of morpholine rings is 1. The highest BCUT2D eigenvalue weighted by molar-refractivity contribution is 6.33. The lowest BCUT2D eigenvalue weighted by Gasteiger charge is -2.26. The molecule has 5 rings (SSSR count). The highest BCUT2D eigenvalue weighted by atomic mass is 35.5. The zero-order valence-electron chi connectivity index (χ0n) is 19.2. The number of para-hydroxylation sites is 3. The van der Waals surface area contributed by atoms with Crippen LogP contribution in [0.1, 0.15) is 12.0 Å². The molecule has 1 fully saturated rings. The van der Waals surface area contributed by atoms with Crippen LogP contribution in [-0.2, 0) is 4.74 Å². The number of ether oxygens (including phenoxy) is 1. The average Bonchev–Trinajstić information content (AvgIpc) is 3.23. The van der Waals surface area contributed by atoms with E-state index >= 15 is 0 Å². The number of rotatable bonds is 8. The Morgan fingerprint density at radius 1 is 1.06 bits per heavy atom. The summed E-state index contributed by atoms with van der Waals surface area (Å²) in [4.78, 5) is 16.2. The third kappa shape index (κ3) is 4.99. The standard InChI is InChI=1S/C25H28ClN7O/c1-18-6-4-7-19(26)24(18)31-25-30-20-8-2-3-9-21(20)33(25)23-16-22(28-17-29-23)27-10-5-11-32-12-14-34-15-13-32/h2-4,6-9,16-17H,5,10-15H2,1H3,(H,30,31)(H,27,28,29). The quantitative estimate of drug-likeness (QED) is 0.357. The molecular formula is C25H28ClN7O. The van der Waals surface area contributed by atoms with Crippen LogP contribution in [0, 0.1) is 6.92 Å². The number of hydrogen-bond donors (Lipinski definition) is 2. The van der Waals surface area contributed by atoms with E-state index in [0.29, 0.717) is 11.0 Å². The SMILES string of the molecule is Cc1cccc(Cl)c1Nc1nc2ccccc2n1-c1cc(NCCCN2CCOCC2)ncn1. The summed E-state index contributed by atoms with van der Waals surface area (Å²) in [6.45, 7) is 7.56. The molecule has 1 aliphatic rings. The van der Waals surface area contributed by atoms with Crippen molar-refractivity contribution in [1.82, 2.24) is 24.4 Å². The lowest BCUT2D eigenvalue weighted by molar-refractivity contribution is 0.0378. The van der Waals surface area contributed by atoms with E-state index in [1.54, 1.807) is 6.33 Å². The van der Waals surface area contributed by atoms with Crippen molar-refractivity contribution >= 4 is 40.1 Å². The number of halogens is 1. The molecule has 1 saturated heterocycles. The Labute approximate surface area is 203 Å². The maximum absolute atomic E-state index is 6.48. The Morgan fingerprint density at radius 3 is 2.76 bits per heavy atom. The molecule has 0 spiro atoms. The molecule has 4 aromatic rings. The topological polar surface area (TPSA) is 80.1 Å². The molecule has 2 aromatic heterocycles. The lowest BCUT2D eigenvalue weighted by atomic mass is 10.2. The zero-order valence-corrected chi connectivity index (χ0v) is 19.9. The lowest BCUT2D eigenvalue weighted by Crippen LogP contribution is -2.37. The molecule has 0 saturated carbocycles. The second-order valence-electron chi connectivity index (χ2n) is 8.31. The van der Waals surface area contributed by atoms with Crippen molar-refractivity contribution in [3.05, 3.63) is 65.4 Å². The van der Waals surface area contributed by atoms with E-state index in [1.807, 2.05) is 60.0 Å². The summed E-state index contributed by atoms with van der Waals surface area (Å²) in [5.41, 5.74) is 3.69. The van der Waals surface area contributed by atoms with Crippen LogP contribution in [0.5, 0.6) is 0 Å². The van der Waals surface area contributed by atoms with Gasteiger partial charge < -0.3 is 15.4 Å². The Balaban J connectivity index is 1.38. The first-order chi connectivity index (χ1) is 16.7. The molecule has 0 amide bonds. The fraction of sp³-hybridized carbons (Fsp3) is 0.320. The predicted octanol–water partition coefficient (Wildman–Crippen LogP) is 4.66. The van der Waals surface area contributed by atoms with Crippen molar-refractivity contribution < 1.29 is 4.74 Å². The van der Waals surface area contributed by atoms with Crippen molar-refractivity contribution in [3.8, 4) is 5.82 Å². The van der Waals surface area contributed by atoms with Crippen LogP contribution in [0.3, 0.4) is 0 Å². The monoisotopic (exact) mass is 477 g/mol. The van der Waals surface area contributed by atoms with Gasteiger partial charge >= 0.3 is 0 Å². The van der Waals surface area contributed by atoms with Crippen molar-refractivity contribution in [2.45, 2.75) is 13.3 Å². The number of nitrogens with one attached hydrogen (secondary N) is 2. The smallest absolute Gasteiger partial charge is 0.214 e. The molecule has 1 aliphatic heterocycles. The van der Waals surface area contributed by atoms with Gasteiger partial charge in [-0.3, -0.25) is 9.47 Å². The van der Waals surface area contributed by atoms with Gasteiger partial charge in [-0.2, -0.15) is 0 Å². The minimum Gasteiger partial charge on any atom is -0.379 e. The van der Waals surface area contributed by atoms with Crippen molar-refractivity contribution in [3.63, 3.8) is 0 Å². The van der Waals surface area contributed by atoms with E-state index in [9.17, 15) is 0 Å². The molecule has 0 unspecified atom stereocenters. The van der Waals surface area contributed by atoms with Gasteiger partial charge in [-0.05, 0) is 43.7 Å². The Hall–Kier alpha value is -3.20. The number of aromatic nitrogens is 4. The van der Waals surface area contributed by atoms with Crippen LogP contribution in [0.4, 0.5) is 17.5 Å². The van der Waals surface area contributed by atoms with Crippen LogP contribution in [0.2, 0.25) is 5.02 Å². The van der Waals surface area contributed by atoms with Crippen molar-refractivity contribution in [2.24, 2.45) is 0 Å². The van der Waals surface area contributed by atoms with Crippen LogP contribution in [-0.4, -0.2) is 63.8 Å². The van der Waals surface area contributed by atoms with E-state index in [1.165, 1.54) is 0 Å². The van der Waals surface area contributed by atoms with Crippen LogP contribution < -0.4 is 10.6 Å². The zero-order chi connectivity index (χ0) is 23.3. The Morgan fingerprint density at radius 2 is 1.91 bits per heavy atom. The Bertz CT molecular complexity index is 1250. The van der Waals surface area contributed by atoms with Crippen molar-refractivity contribution in [1.29, 1.82) is 0 Å². The van der Waals surface area contributed by atoms with Gasteiger partial charge in [0.15, 0.2) is 0 Å². The van der Waals surface area contributed by atoms with Crippen molar-refractivity contribution in [2.75, 3.05) is 50.0 Å². The minimum absolute atomic E-state index is 0.643. The highest BCUT2D eigenvalue weighted by Gasteiger charge is 2.16. The number of nitrogens with zero attached hydrogens (tertiary/aromatic N) is 5. The molecule has 3 heterocycles. The summed E-state index contributed by atoms with van der Waals surface area (Å²) in [7, 11) is 0. The second kappa shape index (κ2) is 10.4. The van der Waals surface area contributed by atoms with Crippen LogP contribution >= 0.6 is 11.6 Å². The number of aryl methyl sites for hydroxylation is 1. The molecule has 2 aromatic carbocycles. The summed E-state index contributed by atoms with van der Waals surface area (Å²) in [5.74, 6) is 2.16. The predicted molar refractivity (Wildman–Crippen MR) is 136 cm³/mol. The van der Waals surface area contributed by atoms with E-state index in [4.69, 9.17) is 21.3 Å². The highest BCUT2D eigenvalue weighted by Crippen LogP contribution is 2.31. The fourth-order valence-corrected chi connectivity index (χ4v) is 4.42. The molecule has 8 nitrogen and oxygen atoms in total. The van der Waals surface area contributed by atoms with E-state index in [0.717, 1.165) is 79.7 Å². The molecule has 9 heteroatoms. The second-order valence-corrected chi connectivity index (χ2v) is 8.72. The largest absolute Gasteiger partial charge is 0.379 e. The summed E-state index contributed by atoms with van der Waals surface area (Å²) in [6.07, 6.45) is 2.62. The summed E-state index contributed by atoms with van der Waals surface area (Å²) < 4.78 is 7.42. The average molecular weight is 478 g/mol. The van der Waals surface area contributed by atoms with Gasteiger partial charge in [-0.25, -0.2) is 15.0 Å². The molecule has 34 heavy (non-hydrogen) atoms. The maximum atomic E-state index is 6.48. The van der Waals surface area contributed by atoms with Gasteiger partial charge in [0.25, 0.3) is 0 Å². The van der Waals surface area contributed by atoms with E-state index in [2.05, 4.69) is 25.5 Å². The van der Waals surface area contributed by atoms with Gasteiger partial charge in [0.1, 0.15) is 18.0 Å². The number of imidazole rings is 1. The summed E-state index contributed by atoms with van der Waals surface area (Å²) >= 11 is 6.48. The fourth-order valence-electron chi connectivity index (χ4n) is 4.15. The number of fused-ring (bicyclic) bond motifs is 1. The van der Waals surface area contributed by atoms with Gasteiger partial charge in [0.05, 0.1) is 35.0 Å². The Kier molecular flexibility index (Phi) is 6.89.